The van der Waals surface area contributed by atoms with Crippen molar-refractivity contribution in [2.24, 2.45) is 0 Å². The Kier molecular flexibility index (Phi) is 3.44. The molecule has 0 bridgehead atoms. The summed E-state index contributed by atoms with van der Waals surface area (Å²) in [5.41, 5.74) is 2.66. The molecule has 0 spiro atoms. The van der Waals surface area contributed by atoms with E-state index in [1.807, 2.05) is 41.0 Å². The minimum absolute atomic E-state index is 0.352. The second-order valence-electron chi connectivity index (χ2n) is 4.87. The smallest absolute Gasteiger partial charge is 0.166 e. The van der Waals surface area contributed by atoms with Crippen LogP contribution < -0.4 is 5.01 Å². The normalized spacial score (nSPS) is 10.8. The maximum atomic E-state index is 14.1. The number of halogens is 1. The van der Waals surface area contributed by atoms with Gasteiger partial charge in [0.1, 0.15) is 0 Å². The zero-order valence-corrected chi connectivity index (χ0v) is 11.8. The van der Waals surface area contributed by atoms with Crippen LogP contribution >= 0.6 is 0 Å². The first-order valence-electron chi connectivity index (χ1n) is 6.77. The maximum absolute atomic E-state index is 14.1. The molecule has 0 amide bonds. The molecule has 106 valence electrons. The van der Waals surface area contributed by atoms with Gasteiger partial charge in [0.15, 0.2) is 5.82 Å². The first-order chi connectivity index (χ1) is 10.2. The van der Waals surface area contributed by atoms with Crippen molar-refractivity contribution in [2.75, 3.05) is 11.6 Å². The molecule has 0 aliphatic heterocycles. The molecule has 0 aliphatic carbocycles. The molecule has 0 unspecified atom stereocenters. The number of para-hydroxylation sites is 1. The van der Waals surface area contributed by atoms with E-state index in [0.717, 1.165) is 16.5 Å². The van der Waals surface area contributed by atoms with Crippen LogP contribution in [0.4, 0.5) is 10.1 Å². The molecule has 2 aromatic heterocycles. The fourth-order valence-electron chi connectivity index (χ4n) is 2.53. The number of hydrogen-bond acceptors (Lipinski definition) is 2. The standard InChI is InChI=1S/C17H16FN3/c1-3-10-20(17-8-9-19-11-15(17)18)21-12-13(2)14-6-4-5-7-16(14)21/h3-9,11-12H,1,10H2,2H3. The summed E-state index contributed by atoms with van der Waals surface area (Å²) in [6.07, 6.45) is 6.58. The van der Waals surface area contributed by atoms with Crippen molar-refractivity contribution in [3.8, 4) is 0 Å². The zero-order valence-electron chi connectivity index (χ0n) is 11.8. The Labute approximate surface area is 122 Å². The van der Waals surface area contributed by atoms with E-state index >= 15 is 0 Å². The van der Waals surface area contributed by atoms with Gasteiger partial charge in [-0.3, -0.25) is 14.7 Å². The van der Waals surface area contributed by atoms with E-state index in [2.05, 4.69) is 17.6 Å². The van der Waals surface area contributed by atoms with E-state index in [1.165, 1.54) is 6.20 Å². The highest BCUT2D eigenvalue weighted by molar-refractivity contribution is 5.84. The van der Waals surface area contributed by atoms with Crippen LogP contribution in [0.5, 0.6) is 0 Å². The molecule has 3 rings (SSSR count). The number of anilines is 1. The summed E-state index contributed by atoms with van der Waals surface area (Å²) in [7, 11) is 0. The molecule has 0 atom stereocenters. The van der Waals surface area contributed by atoms with Crippen LogP contribution in [0.25, 0.3) is 10.9 Å². The first kappa shape index (κ1) is 13.4. The average molecular weight is 281 g/mol. The number of aryl methyl sites for hydroxylation is 1. The highest BCUT2D eigenvalue weighted by Crippen LogP contribution is 2.25. The number of aromatic nitrogens is 2. The lowest BCUT2D eigenvalue weighted by Crippen LogP contribution is -2.29. The number of nitrogens with zero attached hydrogens (tertiary/aromatic N) is 3. The van der Waals surface area contributed by atoms with Crippen LogP contribution in [0.1, 0.15) is 5.56 Å². The van der Waals surface area contributed by atoms with E-state index in [-0.39, 0.29) is 5.82 Å². The lowest BCUT2D eigenvalue weighted by molar-refractivity contribution is 0.605. The lowest BCUT2D eigenvalue weighted by atomic mass is 10.2. The van der Waals surface area contributed by atoms with Crippen molar-refractivity contribution in [2.45, 2.75) is 6.92 Å². The van der Waals surface area contributed by atoms with Crippen LogP contribution in [0.2, 0.25) is 0 Å². The van der Waals surface area contributed by atoms with Crippen LogP contribution in [-0.2, 0) is 0 Å². The van der Waals surface area contributed by atoms with E-state index in [1.54, 1.807) is 18.3 Å². The Morgan fingerprint density at radius 2 is 2.14 bits per heavy atom. The molecule has 4 heteroatoms. The van der Waals surface area contributed by atoms with Gasteiger partial charge < -0.3 is 0 Å². The van der Waals surface area contributed by atoms with Crippen LogP contribution in [-0.4, -0.2) is 16.2 Å². The summed E-state index contributed by atoms with van der Waals surface area (Å²) in [5, 5.41) is 3.00. The topological polar surface area (TPSA) is 21.1 Å². The summed E-state index contributed by atoms with van der Waals surface area (Å²) < 4.78 is 16.1. The fourth-order valence-corrected chi connectivity index (χ4v) is 2.53. The average Bonchev–Trinajstić information content (AvgIpc) is 2.83. The summed E-state index contributed by atoms with van der Waals surface area (Å²) in [5.74, 6) is -0.352. The van der Waals surface area contributed by atoms with Crippen LogP contribution in [0.15, 0.2) is 61.6 Å². The van der Waals surface area contributed by atoms with E-state index in [4.69, 9.17) is 0 Å². The minimum atomic E-state index is -0.352. The Balaban J connectivity index is 2.21. The second-order valence-corrected chi connectivity index (χ2v) is 4.87. The Morgan fingerprint density at radius 1 is 1.33 bits per heavy atom. The van der Waals surface area contributed by atoms with Gasteiger partial charge >= 0.3 is 0 Å². The molecule has 0 saturated carbocycles. The molecular formula is C17H16FN3. The number of benzene rings is 1. The Hall–Kier alpha value is -2.62. The van der Waals surface area contributed by atoms with Gasteiger partial charge in [0.2, 0.25) is 0 Å². The van der Waals surface area contributed by atoms with Crippen molar-refractivity contribution in [1.82, 2.24) is 9.66 Å². The summed E-state index contributed by atoms with van der Waals surface area (Å²) in [4.78, 5) is 3.81. The molecule has 0 radical (unpaired) electrons. The van der Waals surface area contributed by atoms with E-state index in [9.17, 15) is 4.39 Å². The molecule has 21 heavy (non-hydrogen) atoms. The largest absolute Gasteiger partial charge is 0.274 e. The molecule has 0 fully saturated rings. The third kappa shape index (κ3) is 2.29. The van der Waals surface area contributed by atoms with E-state index < -0.39 is 0 Å². The number of hydrogen-bond donors (Lipinski definition) is 0. The molecule has 3 aromatic rings. The highest BCUT2D eigenvalue weighted by atomic mass is 19.1. The molecule has 0 aliphatic rings. The van der Waals surface area contributed by atoms with Crippen molar-refractivity contribution < 1.29 is 4.39 Å². The molecule has 0 N–H and O–H groups in total. The van der Waals surface area contributed by atoms with Crippen molar-refractivity contribution in [3.63, 3.8) is 0 Å². The van der Waals surface area contributed by atoms with Crippen LogP contribution in [0, 0.1) is 12.7 Å². The second kappa shape index (κ2) is 5.40. The third-order valence-electron chi connectivity index (χ3n) is 3.48. The molecule has 0 saturated heterocycles. The predicted octanol–water partition coefficient (Wildman–Crippen LogP) is 3.94. The SMILES string of the molecule is C=CCN(c1ccncc1F)n1cc(C)c2ccccc21. The Morgan fingerprint density at radius 3 is 2.90 bits per heavy atom. The van der Waals surface area contributed by atoms with Crippen molar-refractivity contribution in [3.05, 3.63) is 73.0 Å². The van der Waals surface area contributed by atoms with Gasteiger partial charge in [0, 0.05) is 17.8 Å². The summed E-state index contributed by atoms with van der Waals surface area (Å²) in [6, 6.07) is 9.74. The molecule has 2 heterocycles. The number of pyridine rings is 1. The highest BCUT2D eigenvalue weighted by Gasteiger charge is 2.15. The van der Waals surface area contributed by atoms with Gasteiger partial charge in [-0.1, -0.05) is 24.3 Å². The summed E-state index contributed by atoms with van der Waals surface area (Å²) in [6.45, 7) is 6.32. The molecular weight excluding hydrogens is 265 g/mol. The monoisotopic (exact) mass is 281 g/mol. The van der Waals surface area contributed by atoms with Gasteiger partial charge in [-0.05, 0) is 24.6 Å². The zero-order chi connectivity index (χ0) is 14.8. The lowest BCUT2D eigenvalue weighted by Gasteiger charge is -2.25. The predicted molar refractivity (Wildman–Crippen MR) is 83.8 cm³/mol. The molecule has 3 nitrogen and oxygen atoms in total. The van der Waals surface area contributed by atoms with Gasteiger partial charge in [-0.15, -0.1) is 6.58 Å². The number of rotatable bonds is 4. The Bertz CT molecular complexity index is 792. The fraction of sp³-hybridized carbons (Fsp3) is 0.118. The van der Waals surface area contributed by atoms with Gasteiger partial charge in [0.05, 0.1) is 23.9 Å². The van der Waals surface area contributed by atoms with Gasteiger partial charge in [-0.25, -0.2) is 4.39 Å². The van der Waals surface area contributed by atoms with Crippen LogP contribution in [0.3, 0.4) is 0 Å². The van der Waals surface area contributed by atoms with E-state index in [0.29, 0.717) is 12.2 Å². The summed E-state index contributed by atoms with van der Waals surface area (Å²) >= 11 is 0. The quantitative estimate of drug-likeness (QED) is 0.675. The maximum Gasteiger partial charge on any atom is 0.166 e. The van der Waals surface area contributed by atoms with Crippen molar-refractivity contribution >= 4 is 16.6 Å². The number of fused-ring (bicyclic) bond motifs is 1. The third-order valence-corrected chi connectivity index (χ3v) is 3.48. The minimum Gasteiger partial charge on any atom is -0.274 e. The van der Waals surface area contributed by atoms with Crippen molar-refractivity contribution in [1.29, 1.82) is 0 Å². The van der Waals surface area contributed by atoms with Gasteiger partial charge in [0.25, 0.3) is 0 Å². The van der Waals surface area contributed by atoms with Gasteiger partial charge in [-0.2, -0.15) is 0 Å². The first-order valence-corrected chi connectivity index (χ1v) is 6.77. The molecule has 1 aromatic carbocycles.